The summed E-state index contributed by atoms with van der Waals surface area (Å²) in [7, 11) is 3.29. The monoisotopic (exact) mass is 384 g/mol. The van der Waals surface area contributed by atoms with Crippen molar-refractivity contribution in [2.45, 2.75) is 37.1 Å². The standard InChI is InChI=1S/C21H24N2O3S/c1-22-19(24)18-10-9-17(27-18)16-4-3-13-23(16)20(25)21(11-12-21)14-5-7-15(26-2)8-6-14/h5-10,16H,3-4,11-13H2,1-2H3,(H,22,24). The number of rotatable bonds is 5. The largest absolute Gasteiger partial charge is 0.497 e. The van der Waals surface area contributed by atoms with E-state index in [0.717, 1.165) is 48.4 Å². The van der Waals surface area contributed by atoms with Crippen molar-refractivity contribution in [3.8, 4) is 5.75 Å². The second-order valence-corrected chi connectivity index (χ2v) is 8.36. The van der Waals surface area contributed by atoms with Crippen LogP contribution in [-0.2, 0) is 10.2 Å². The highest BCUT2D eigenvalue weighted by Crippen LogP contribution is 2.52. The van der Waals surface area contributed by atoms with Crippen LogP contribution in [0.25, 0.3) is 0 Å². The lowest BCUT2D eigenvalue weighted by molar-refractivity contribution is -0.134. The van der Waals surface area contributed by atoms with Crippen LogP contribution in [0.1, 0.15) is 51.8 Å². The average Bonchev–Trinajstić information content (AvgIpc) is 3.14. The van der Waals surface area contributed by atoms with E-state index in [1.54, 1.807) is 14.2 Å². The third-order valence-electron chi connectivity index (χ3n) is 5.72. The van der Waals surface area contributed by atoms with Crippen LogP contribution in [0.4, 0.5) is 0 Å². The van der Waals surface area contributed by atoms with Gasteiger partial charge in [0.15, 0.2) is 0 Å². The predicted octanol–water partition coefficient (Wildman–Crippen LogP) is 3.51. The van der Waals surface area contributed by atoms with E-state index < -0.39 is 0 Å². The van der Waals surface area contributed by atoms with Crippen LogP contribution in [0.5, 0.6) is 5.75 Å². The van der Waals surface area contributed by atoms with Crippen molar-refractivity contribution in [1.82, 2.24) is 10.2 Å². The molecule has 4 rings (SSSR count). The summed E-state index contributed by atoms with van der Waals surface area (Å²) in [6.45, 7) is 0.786. The lowest BCUT2D eigenvalue weighted by Crippen LogP contribution is -2.38. The number of hydrogen-bond donors (Lipinski definition) is 1. The van der Waals surface area contributed by atoms with Crippen molar-refractivity contribution >= 4 is 23.2 Å². The molecule has 1 atom stereocenters. The van der Waals surface area contributed by atoms with Crippen molar-refractivity contribution in [1.29, 1.82) is 0 Å². The van der Waals surface area contributed by atoms with Gasteiger partial charge in [-0.25, -0.2) is 0 Å². The first-order valence-electron chi connectivity index (χ1n) is 9.36. The first-order valence-corrected chi connectivity index (χ1v) is 10.2. The van der Waals surface area contributed by atoms with E-state index in [0.29, 0.717) is 4.88 Å². The molecule has 2 fully saturated rings. The number of amides is 2. The molecule has 1 aromatic carbocycles. The number of nitrogens with one attached hydrogen (secondary N) is 1. The first-order chi connectivity index (χ1) is 13.1. The molecule has 142 valence electrons. The molecule has 6 heteroatoms. The van der Waals surface area contributed by atoms with Crippen molar-refractivity contribution < 1.29 is 14.3 Å². The van der Waals surface area contributed by atoms with E-state index in [4.69, 9.17) is 4.74 Å². The molecule has 1 aliphatic heterocycles. The summed E-state index contributed by atoms with van der Waals surface area (Å²) in [5, 5.41) is 2.66. The maximum Gasteiger partial charge on any atom is 0.261 e. The number of benzene rings is 1. The Bertz CT molecular complexity index is 855. The molecule has 2 aliphatic rings. The lowest BCUT2D eigenvalue weighted by atomic mass is 9.93. The molecule has 0 bridgehead atoms. The minimum atomic E-state index is -0.379. The normalized spacial score (nSPS) is 20.4. The van der Waals surface area contributed by atoms with Gasteiger partial charge in [-0.1, -0.05) is 12.1 Å². The van der Waals surface area contributed by atoms with Gasteiger partial charge in [0, 0.05) is 18.5 Å². The fraction of sp³-hybridized carbons (Fsp3) is 0.429. The third kappa shape index (κ3) is 3.12. The number of hydrogen-bond acceptors (Lipinski definition) is 4. The molecule has 5 nitrogen and oxygen atoms in total. The van der Waals surface area contributed by atoms with Crippen LogP contribution in [-0.4, -0.2) is 37.4 Å². The van der Waals surface area contributed by atoms with Crippen LogP contribution >= 0.6 is 11.3 Å². The zero-order chi connectivity index (χ0) is 19.0. The van der Waals surface area contributed by atoms with Gasteiger partial charge in [0.2, 0.25) is 5.91 Å². The zero-order valence-corrected chi connectivity index (χ0v) is 16.5. The Morgan fingerprint density at radius 2 is 1.93 bits per heavy atom. The Labute approximate surface area is 163 Å². The van der Waals surface area contributed by atoms with Crippen LogP contribution < -0.4 is 10.1 Å². The van der Waals surface area contributed by atoms with Gasteiger partial charge in [0.1, 0.15) is 5.75 Å². The van der Waals surface area contributed by atoms with Gasteiger partial charge in [-0.15, -0.1) is 11.3 Å². The molecular weight excluding hydrogens is 360 g/mol. The smallest absolute Gasteiger partial charge is 0.261 e. The van der Waals surface area contributed by atoms with Gasteiger partial charge in [-0.05, 0) is 55.5 Å². The van der Waals surface area contributed by atoms with Crippen molar-refractivity contribution in [3.63, 3.8) is 0 Å². The molecule has 1 saturated carbocycles. The van der Waals surface area contributed by atoms with Gasteiger partial charge in [0.05, 0.1) is 23.4 Å². The zero-order valence-electron chi connectivity index (χ0n) is 15.7. The quantitative estimate of drug-likeness (QED) is 0.858. The molecule has 1 aliphatic carbocycles. The predicted molar refractivity (Wildman–Crippen MR) is 105 cm³/mol. The molecule has 27 heavy (non-hydrogen) atoms. The van der Waals surface area contributed by atoms with Gasteiger partial charge >= 0.3 is 0 Å². The van der Waals surface area contributed by atoms with E-state index in [2.05, 4.69) is 5.32 Å². The number of thiophene rings is 1. The van der Waals surface area contributed by atoms with Crippen molar-refractivity contribution in [3.05, 3.63) is 51.7 Å². The van der Waals surface area contributed by atoms with Crippen molar-refractivity contribution in [2.24, 2.45) is 0 Å². The first kappa shape index (κ1) is 18.0. The third-order valence-corrected chi connectivity index (χ3v) is 6.91. The maximum atomic E-state index is 13.5. The summed E-state index contributed by atoms with van der Waals surface area (Å²) in [6.07, 6.45) is 3.76. The fourth-order valence-electron chi connectivity index (χ4n) is 4.02. The van der Waals surface area contributed by atoms with E-state index in [9.17, 15) is 9.59 Å². The summed E-state index contributed by atoms with van der Waals surface area (Å²) >= 11 is 1.49. The molecule has 0 radical (unpaired) electrons. The second kappa shape index (κ2) is 7.00. The van der Waals surface area contributed by atoms with Crippen molar-refractivity contribution in [2.75, 3.05) is 20.7 Å². The summed E-state index contributed by atoms with van der Waals surface area (Å²) in [6, 6.07) is 11.8. The SMILES string of the molecule is CNC(=O)c1ccc(C2CCCN2C(=O)C2(c3ccc(OC)cc3)CC2)s1. The van der Waals surface area contributed by atoms with Crippen LogP contribution in [0.3, 0.4) is 0 Å². The van der Waals surface area contributed by atoms with E-state index in [-0.39, 0.29) is 23.3 Å². The Morgan fingerprint density at radius 3 is 2.56 bits per heavy atom. The topological polar surface area (TPSA) is 58.6 Å². The molecular formula is C21H24N2O3S. The van der Waals surface area contributed by atoms with E-state index in [1.807, 2.05) is 41.3 Å². The van der Waals surface area contributed by atoms with E-state index in [1.165, 1.54) is 11.3 Å². The number of ether oxygens (including phenoxy) is 1. The van der Waals surface area contributed by atoms with Gasteiger partial charge < -0.3 is 15.0 Å². The summed E-state index contributed by atoms with van der Waals surface area (Å²) in [4.78, 5) is 29.2. The summed E-state index contributed by atoms with van der Waals surface area (Å²) in [5.74, 6) is 0.963. The Kier molecular flexibility index (Phi) is 4.68. The molecule has 1 aromatic heterocycles. The Morgan fingerprint density at radius 1 is 1.19 bits per heavy atom. The molecule has 0 spiro atoms. The molecule has 2 aromatic rings. The molecule has 1 unspecified atom stereocenters. The highest BCUT2D eigenvalue weighted by atomic mass is 32.1. The number of methoxy groups -OCH3 is 1. The summed E-state index contributed by atoms with van der Waals surface area (Å²) in [5.41, 5.74) is 0.701. The minimum absolute atomic E-state index is 0.0704. The van der Waals surface area contributed by atoms with Crippen LogP contribution in [0.2, 0.25) is 0 Å². The number of carbonyl (C=O) groups excluding carboxylic acids is 2. The van der Waals surface area contributed by atoms with Crippen LogP contribution in [0.15, 0.2) is 36.4 Å². The highest BCUT2D eigenvalue weighted by Gasteiger charge is 2.54. The molecule has 2 amide bonds. The van der Waals surface area contributed by atoms with E-state index >= 15 is 0 Å². The average molecular weight is 385 g/mol. The Hall–Kier alpha value is -2.34. The number of nitrogens with zero attached hydrogens (tertiary/aromatic N) is 1. The maximum absolute atomic E-state index is 13.5. The minimum Gasteiger partial charge on any atom is -0.497 e. The molecule has 1 saturated heterocycles. The highest BCUT2D eigenvalue weighted by molar-refractivity contribution is 7.14. The fourth-order valence-corrected chi connectivity index (χ4v) is 5.12. The van der Waals surface area contributed by atoms with Gasteiger partial charge in [-0.2, -0.15) is 0 Å². The molecule has 1 N–H and O–H groups in total. The second-order valence-electron chi connectivity index (χ2n) is 7.25. The molecule has 2 heterocycles. The van der Waals surface area contributed by atoms with Crippen LogP contribution in [0, 0.1) is 0 Å². The van der Waals surface area contributed by atoms with Gasteiger partial charge in [0.25, 0.3) is 5.91 Å². The number of likely N-dealkylation sites (tertiary alicyclic amines) is 1. The summed E-state index contributed by atoms with van der Waals surface area (Å²) < 4.78 is 5.24. The van der Waals surface area contributed by atoms with Gasteiger partial charge in [-0.3, -0.25) is 9.59 Å². The Balaban J connectivity index is 1.57. The lowest BCUT2D eigenvalue weighted by Gasteiger charge is -2.29. The number of carbonyl (C=O) groups is 2.